The minimum atomic E-state index is 0.609. The Morgan fingerprint density at radius 1 is 0.952 bits per heavy atom. The summed E-state index contributed by atoms with van der Waals surface area (Å²) in [6, 6.07) is 10.0. The highest BCUT2D eigenvalue weighted by atomic mass is 35.5. The van der Waals surface area contributed by atoms with Gasteiger partial charge in [-0.25, -0.2) is 9.97 Å². The lowest BCUT2D eigenvalue weighted by molar-refractivity contribution is 0.713. The average Bonchev–Trinajstić information content (AvgIpc) is 2.71. The maximum Gasteiger partial charge on any atom is 0.162 e. The number of fused-ring (bicyclic) bond motifs is 3. The van der Waals surface area contributed by atoms with Crippen LogP contribution in [0.15, 0.2) is 30.3 Å². The fourth-order valence-corrected chi connectivity index (χ4v) is 4.61. The van der Waals surface area contributed by atoms with Gasteiger partial charge in [0.25, 0.3) is 0 Å². The molecule has 21 heavy (non-hydrogen) atoms. The molecule has 1 aliphatic rings. The van der Waals surface area contributed by atoms with Gasteiger partial charge in [-0.05, 0) is 31.2 Å². The van der Waals surface area contributed by atoms with E-state index in [1.807, 2.05) is 30.3 Å². The van der Waals surface area contributed by atoms with E-state index in [0.717, 1.165) is 34.4 Å². The smallest absolute Gasteiger partial charge is 0.162 e. The summed E-state index contributed by atoms with van der Waals surface area (Å²) < 4.78 is 0. The molecule has 4 heteroatoms. The van der Waals surface area contributed by atoms with Crippen molar-refractivity contribution in [2.45, 2.75) is 32.1 Å². The van der Waals surface area contributed by atoms with Crippen LogP contribution in [0.3, 0.4) is 0 Å². The number of nitrogens with zero attached hydrogens (tertiary/aromatic N) is 2. The van der Waals surface area contributed by atoms with Gasteiger partial charge >= 0.3 is 0 Å². The van der Waals surface area contributed by atoms with Gasteiger partial charge in [-0.3, -0.25) is 0 Å². The number of benzene rings is 1. The summed E-state index contributed by atoms with van der Waals surface area (Å²) in [4.78, 5) is 11.8. The zero-order valence-electron chi connectivity index (χ0n) is 11.6. The Morgan fingerprint density at radius 3 is 2.62 bits per heavy atom. The SMILES string of the molecule is Clc1nc(-c2ccccc2)nc2sc3c(c12)CCCCC3. The number of halogens is 1. The van der Waals surface area contributed by atoms with Crippen molar-refractivity contribution in [3.8, 4) is 11.4 Å². The highest BCUT2D eigenvalue weighted by Crippen LogP contribution is 2.38. The predicted octanol–water partition coefficient (Wildman–Crippen LogP) is 5.28. The van der Waals surface area contributed by atoms with Crippen molar-refractivity contribution in [1.82, 2.24) is 9.97 Å². The van der Waals surface area contributed by atoms with Gasteiger partial charge in [0.1, 0.15) is 9.98 Å². The number of hydrogen-bond donors (Lipinski definition) is 0. The lowest BCUT2D eigenvalue weighted by atomic mass is 10.1. The molecular weight excluding hydrogens is 300 g/mol. The minimum Gasteiger partial charge on any atom is -0.217 e. The maximum atomic E-state index is 6.50. The molecule has 0 unspecified atom stereocenters. The van der Waals surface area contributed by atoms with E-state index < -0.39 is 0 Å². The van der Waals surface area contributed by atoms with Crippen molar-refractivity contribution in [2.75, 3.05) is 0 Å². The molecule has 1 aliphatic carbocycles. The molecule has 0 N–H and O–H groups in total. The van der Waals surface area contributed by atoms with Crippen LogP contribution < -0.4 is 0 Å². The molecule has 0 bridgehead atoms. The van der Waals surface area contributed by atoms with Crippen molar-refractivity contribution in [3.05, 3.63) is 45.9 Å². The molecule has 106 valence electrons. The summed E-state index contributed by atoms with van der Waals surface area (Å²) in [6.45, 7) is 0. The third-order valence-corrected chi connectivity index (χ3v) is 5.51. The van der Waals surface area contributed by atoms with Crippen LogP contribution in [0.1, 0.15) is 29.7 Å². The van der Waals surface area contributed by atoms with Crippen molar-refractivity contribution in [2.24, 2.45) is 0 Å². The molecule has 0 atom stereocenters. The Balaban J connectivity index is 1.92. The molecule has 3 aromatic rings. The third-order valence-electron chi connectivity index (χ3n) is 4.05. The maximum absolute atomic E-state index is 6.50. The summed E-state index contributed by atoms with van der Waals surface area (Å²) in [5.74, 6) is 0.726. The van der Waals surface area contributed by atoms with Gasteiger partial charge in [0.15, 0.2) is 5.82 Å². The number of aryl methyl sites for hydroxylation is 2. The van der Waals surface area contributed by atoms with Gasteiger partial charge in [-0.2, -0.15) is 0 Å². The first kappa shape index (κ1) is 13.2. The monoisotopic (exact) mass is 314 g/mol. The Morgan fingerprint density at radius 2 is 1.76 bits per heavy atom. The molecule has 0 saturated heterocycles. The van der Waals surface area contributed by atoms with Crippen LogP contribution in [0.25, 0.3) is 21.6 Å². The van der Waals surface area contributed by atoms with Gasteiger partial charge < -0.3 is 0 Å². The quantitative estimate of drug-likeness (QED) is 0.451. The minimum absolute atomic E-state index is 0.609. The van der Waals surface area contributed by atoms with Crippen LogP contribution in [-0.2, 0) is 12.8 Å². The molecule has 0 amide bonds. The number of aromatic nitrogens is 2. The third kappa shape index (κ3) is 2.34. The van der Waals surface area contributed by atoms with Crippen LogP contribution in [-0.4, -0.2) is 9.97 Å². The van der Waals surface area contributed by atoms with Gasteiger partial charge in [0, 0.05) is 10.4 Å². The second-order valence-corrected chi connectivity index (χ2v) is 6.89. The standard InChI is InChI=1S/C17H15ClN2S/c18-15-14-12-9-5-2-6-10-13(12)21-17(14)20-16(19-15)11-7-3-1-4-8-11/h1,3-4,7-8H,2,5-6,9-10H2. The van der Waals surface area contributed by atoms with Gasteiger partial charge in [-0.15, -0.1) is 11.3 Å². The fourth-order valence-electron chi connectivity index (χ4n) is 3.01. The Kier molecular flexibility index (Phi) is 3.40. The Hall–Kier alpha value is -1.45. The molecule has 0 aliphatic heterocycles. The van der Waals surface area contributed by atoms with Crippen molar-refractivity contribution >= 4 is 33.2 Å². The molecule has 1 aromatic carbocycles. The van der Waals surface area contributed by atoms with Crippen LogP contribution in [0, 0.1) is 0 Å². The van der Waals surface area contributed by atoms with Gasteiger partial charge in [0.05, 0.1) is 5.39 Å². The van der Waals surface area contributed by atoms with E-state index >= 15 is 0 Å². The molecule has 0 saturated carbocycles. The summed E-state index contributed by atoms with van der Waals surface area (Å²) in [5, 5.41) is 1.71. The first-order chi connectivity index (χ1) is 10.3. The van der Waals surface area contributed by atoms with Crippen LogP contribution in [0.2, 0.25) is 5.15 Å². The summed E-state index contributed by atoms with van der Waals surface area (Å²) in [6.07, 6.45) is 6.10. The van der Waals surface area contributed by atoms with E-state index in [1.165, 1.54) is 29.7 Å². The van der Waals surface area contributed by atoms with E-state index in [1.54, 1.807) is 11.3 Å². The molecule has 0 fully saturated rings. The van der Waals surface area contributed by atoms with Crippen LogP contribution >= 0.6 is 22.9 Å². The van der Waals surface area contributed by atoms with E-state index in [9.17, 15) is 0 Å². The molecule has 2 heterocycles. The van der Waals surface area contributed by atoms with E-state index in [2.05, 4.69) is 4.98 Å². The number of hydrogen-bond acceptors (Lipinski definition) is 3. The lowest BCUT2D eigenvalue weighted by Crippen LogP contribution is -1.92. The zero-order chi connectivity index (χ0) is 14.2. The highest BCUT2D eigenvalue weighted by molar-refractivity contribution is 7.19. The van der Waals surface area contributed by atoms with Crippen LogP contribution in [0.5, 0.6) is 0 Å². The summed E-state index contributed by atoms with van der Waals surface area (Å²) in [7, 11) is 0. The van der Waals surface area contributed by atoms with E-state index in [4.69, 9.17) is 16.6 Å². The average molecular weight is 315 g/mol. The fraction of sp³-hybridized carbons (Fsp3) is 0.294. The van der Waals surface area contributed by atoms with Crippen molar-refractivity contribution in [1.29, 1.82) is 0 Å². The van der Waals surface area contributed by atoms with Gasteiger partial charge in [0.2, 0.25) is 0 Å². The van der Waals surface area contributed by atoms with Crippen LogP contribution in [0.4, 0.5) is 0 Å². The van der Waals surface area contributed by atoms with Crippen molar-refractivity contribution < 1.29 is 0 Å². The second-order valence-electron chi connectivity index (χ2n) is 5.45. The number of thiophene rings is 1. The molecular formula is C17H15ClN2S. The normalized spacial score (nSPS) is 14.9. The topological polar surface area (TPSA) is 25.8 Å². The second kappa shape index (κ2) is 5.39. The zero-order valence-corrected chi connectivity index (χ0v) is 13.2. The summed E-state index contributed by atoms with van der Waals surface area (Å²) >= 11 is 8.30. The molecule has 2 nitrogen and oxygen atoms in total. The molecule has 2 aromatic heterocycles. The molecule has 4 rings (SSSR count). The largest absolute Gasteiger partial charge is 0.217 e. The van der Waals surface area contributed by atoms with E-state index in [0.29, 0.717) is 5.15 Å². The molecule has 0 spiro atoms. The molecule has 0 radical (unpaired) electrons. The first-order valence-corrected chi connectivity index (χ1v) is 8.55. The Bertz CT molecular complexity index is 795. The van der Waals surface area contributed by atoms with Crippen molar-refractivity contribution in [3.63, 3.8) is 0 Å². The van der Waals surface area contributed by atoms with E-state index in [-0.39, 0.29) is 0 Å². The number of rotatable bonds is 1. The van der Waals surface area contributed by atoms with Gasteiger partial charge in [-0.1, -0.05) is 48.4 Å². The highest BCUT2D eigenvalue weighted by Gasteiger charge is 2.19. The Labute approximate surface area is 132 Å². The first-order valence-electron chi connectivity index (χ1n) is 7.36. The predicted molar refractivity (Wildman–Crippen MR) is 89.1 cm³/mol. The summed E-state index contributed by atoms with van der Waals surface area (Å²) in [5.41, 5.74) is 2.42. The lowest BCUT2D eigenvalue weighted by Gasteiger charge is -2.03.